The Morgan fingerprint density at radius 2 is 1.82 bits per heavy atom. The quantitative estimate of drug-likeness (QED) is 0.874. The van der Waals surface area contributed by atoms with Crippen LogP contribution in [0.25, 0.3) is 0 Å². The average molecular weight is 305 g/mol. The number of hydrogen-bond acceptors (Lipinski definition) is 4. The monoisotopic (exact) mass is 305 g/mol. The minimum absolute atomic E-state index is 0.181. The number of nitrogens with zero attached hydrogens (tertiary/aromatic N) is 2. The summed E-state index contributed by atoms with van der Waals surface area (Å²) in [5.74, 6) is 1.11. The molecule has 1 amide bonds. The molecule has 1 aliphatic heterocycles. The van der Waals surface area contributed by atoms with E-state index in [0.29, 0.717) is 13.0 Å². The van der Waals surface area contributed by atoms with Gasteiger partial charge in [-0.05, 0) is 45.2 Å². The number of carbonyl (C=O) groups is 1. The first-order valence-electron chi connectivity index (χ1n) is 8.01. The summed E-state index contributed by atoms with van der Waals surface area (Å²) in [4.78, 5) is 16.3. The average Bonchev–Trinajstić information content (AvgIpc) is 2.49. The van der Waals surface area contributed by atoms with Crippen LogP contribution in [0.2, 0.25) is 0 Å². The standard InChI is InChI=1S/C17H27N3O2/c1-14(2)22-16-6-4-15(5-7-16)18-9-8-17(21)20-12-10-19(3)11-13-20/h4-7,14,18H,8-13H2,1-3H3. The van der Waals surface area contributed by atoms with Crippen molar-refractivity contribution in [1.82, 2.24) is 9.80 Å². The van der Waals surface area contributed by atoms with Crippen LogP contribution in [-0.2, 0) is 4.79 Å². The summed E-state index contributed by atoms with van der Waals surface area (Å²) in [6, 6.07) is 7.87. The van der Waals surface area contributed by atoms with Crippen molar-refractivity contribution in [2.45, 2.75) is 26.4 Å². The molecule has 0 bridgehead atoms. The summed E-state index contributed by atoms with van der Waals surface area (Å²) in [6.07, 6.45) is 0.716. The van der Waals surface area contributed by atoms with E-state index in [1.54, 1.807) is 0 Å². The van der Waals surface area contributed by atoms with Gasteiger partial charge in [0.05, 0.1) is 6.10 Å². The number of nitrogens with one attached hydrogen (secondary N) is 1. The van der Waals surface area contributed by atoms with Crippen molar-refractivity contribution >= 4 is 11.6 Å². The van der Waals surface area contributed by atoms with Crippen LogP contribution in [-0.4, -0.2) is 61.6 Å². The maximum absolute atomic E-state index is 12.1. The first-order chi connectivity index (χ1) is 10.5. The summed E-state index contributed by atoms with van der Waals surface area (Å²) < 4.78 is 5.61. The molecule has 0 unspecified atom stereocenters. The van der Waals surface area contributed by atoms with Crippen LogP contribution in [0.1, 0.15) is 20.3 Å². The summed E-state index contributed by atoms with van der Waals surface area (Å²) in [7, 11) is 2.09. The van der Waals surface area contributed by atoms with E-state index >= 15 is 0 Å². The Morgan fingerprint density at radius 3 is 2.41 bits per heavy atom. The fourth-order valence-corrected chi connectivity index (χ4v) is 2.45. The van der Waals surface area contributed by atoms with E-state index in [1.807, 2.05) is 43.0 Å². The number of benzene rings is 1. The summed E-state index contributed by atoms with van der Waals surface area (Å²) in [5, 5.41) is 3.29. The molecule has 0 spiro atoms. The Bertz CT molecular complexity index is 465. The van der Waals surface area contributed by atoms with Crippen molar-refractivity contribution in [2.24, 2.45) is 0 Å². The van der Waals surface area contributed by atoms with Crippen molar-refractivity contribution in [1.29, 1.82) is 0 Å². The van der Waals surface area contributed by atoms with Gasteiger partial charge in [-0.1, -0.05) is 0 Å². The Hall–Kier alpha value is -1.75. The van der Waals surface area contributed by atoms with Gasteiger partial charge in [0.25, 0.3) is 0 Å². The zero-order valence-corrected chi connectivity index (χ0v) is 13.8. The van der Waals surface area contributed by atoms with Crippen molar-refractivity contribution in [3.63, 3.8) is 0 Å². The Kier molecular flexibility index (Phi) is 6.07. The minimum atomic E-state index is 0.181. The highest BCUT2D eigenvalue weighted by Crippen LogP contribution is 2.16. The molecular formula is C17H27N3O2. The number of rotatable bonds is 6. The third-order valence-electron chi connectivity index (χ3n) is 3.75. The van der Waals surface area contributed by atoms with Crippen molar-refractivity contribution in [3.8, 4) is 5.75 Å². The van der Waals surface area contributed by atoms with E-state index in [0.717, 1.165) is 37.6 Å². The van der Waals surface area contributed by atoms with E-state index in [4.69, 9.17) is 4.74 Å². The van der Waals surface area contributed by atoms with Gasteiger partial charge in [0.2, 0.25) is 5.91 Å². The zero-order valence-electron chi connectivity index (χ0n) is 13.8. The Balaban J connectivity index is 1.70. The van der Waals surface area contributed by atoms with Crippen molar-refractivity contribution < 1.29 is 9.53 Å². The second-order valence-corrected chi connectivity index (χ2v) is 6.05. The second-order valence-electron chi connectivity index (χ2n) is 6.05. The number of anilines is 1. The molecule has 1 aromatic carbocycles. The number of ether oxygens (including phenoxy) is 1. The molecule has 1 N–H and O–H groups in total. The lowest BCUT2D eigenvalue weighted by atomic mass is 10.2. The Labute approximate surface area is 133 Å². The molecule has 5 heteroatoms. The number of piperazine rings is 1. The maximum Gasteiger partial charge on any atom is 0.224 e. The molecule has 2 rings (SSSR count). The van der Waals surface area contributed by atoms with Gasteiger partial charge < -0.3 is 19.9 Å². The van der Waals surface area contributed by atoms with Gasteiger partial charge in [-0.2, -0.15) is 0 Å². The lowest BCUT2D eigenvalue weighted by Gasteiger charge is -2.32. The molecule has 0 aromatic heterocycles. The third-order valence-corrected chi connectivity index (χ3v) is 3.75. The normalized spacial score (nSPS) is 15.9. The largest absolute Gasteiger partial charge is 0.491 e. The molecule has 122 valence electrons. The molecule has 0 atom stereocenters. The lowest BCUT2D eigenvalue weighted by molar-refractivity contribution is -0.132. The molecule has 1 fully saturated rings. The molecule has 0 aliphatic carbocycles. The first-order valence-corrected chi connectivity index (χ1v) is 8.01. The minimum Gasteiger partial charge on any atom is -0.491 e. The first kappa shape index (κ1) is 16.6. The van der Waals surface area contributed by atoms with Gasteiger partial charge in [0.1, 0.15) is 5.75 Å². The number of carbonyl (C=O) groups excluding carboxylic acids is 1. The predicted molar refractivity (Wildman–Crippen MR) is 89.4 cm³/mol. The SMILES string of the molecule is CC(C)Oc1ccc(NCCC(=O)N2CCN(C)CC2)cc1. The molecule has 1 heterocycles. The molecule has 1 aliphatic rings. The number of hydrogen-bond donors (Lipinski definition) is 1. The van der Waals surface area contributed by atoms with Gasteiger partial charge in [-0.15, -0.1) is 0 Å². The van der Waals surface area contributed by atoms with Crippen molar-refractivity contribution in [3.05, 3.63) is 24.3 Å². The van der Waals surface area contributed by atoms with Crippen molar-refractivity contribution in [2.75, 3.05) is 45.1 Å². The lowest BCUT2D eigenvalue weighted by Crippen LogP contribution is -2.47. The van der Waals surface area contributed by atoms with E-state index in [-0.39, 0.29) is 12.0 Å². The summed E-state index contributed by atoms with van der Waals surface area (Å²) in [5.41, 5.74) is 1.02. The molecule has 1 aromatic rings. The summed E-state index contributed by atoms with van der Waals surface area (Å²) in [6.45, 7) is 8.31. The van der Waals surface area contributed by atoms with Crippen LogP contribution in [0.15, 0.2) is 24.3 Å². The van der Waals surface area contributed by atoms with Crippen LogP contribution in [0.4, 0.5) is 5.69 Å². The highest BCUT2D eigenvalue weighted by Gasteiger charge is 2.18. The predicted octanol–water partition coefficient (Wildman–Crippen LogP) is 2.05. The molecule has 5 nitrogen and oxygen atoms in total. The highest BCUT2D eigenvalue weighted by molar-refractivity contribution is 5.76. The zero-order chi connectivity index (χ0) is 15.9. The van der Waals surface area contributed by atoms with Gasteiger partial charge in [0, 0.05) is 44.8 Å². The van der Waals surface area contributed by atoms with E-state index in [9.17, 15) is 4.79 Å². The van der Waals surface area contributed by atoms with E-state index in [1.165, 1.54) is 0 Å². The third kappa shape index (κ3) is 5.22. The fraction of sp³-hybridized carbons (Fsp3) is 0.588. The highest BCUT2D eigenvalue weighted by atomic mass is 16.5. The molecule has 0 saturated carbocycles. The molecular weight excluding hydrogens is 278 g/mol. The summed E-state index contributed by atoms with van der Waals surface area (Å²) >= 11 is 0. The molecule has 1 saturated heterocycles. The van der Waals surface area contributed by atoms with Gasteiger partial charge in [-0.3, -0.25) is 4.79 Å². The maximum atomic E-state index is 12.1. The van der Waals surface area contributed by atoms with Crippen LogP contribution >= 0.6 is 0 Å². The molecule has 22 heavy (non-hydrogen) atoms. The van der Waals surface area contributed by atoms with Crippen LogP contribution in [0.5, 0.6) is 5.75 Å². The fourth-order valence-electron chi connectivity index (χ4n) is 2.45. The number of likely N-dealkylation sites (N-methyl/N-ethyl adjacent to an activating group) is 1. The second kappa shape index (κ2) is 8.03. The van der Waals surface area contributed by atoms with E-state index in [2.05, 4.69) is 17.3 Å². The smallest absolute Gasteiger partial charge is 0.224 e. The van der Waals surface area contributed by atoms with Gasteiger partial charge in [0.15, 0.2) is 0 Å². The molecule has 0 radical (unpaired) electrons. The van der Waals surface area contributed by atoms with E-state index < -0.39 is 0 Å². The number of amides is 1. The van der Waals surface area contributed by atoms with Gasteiger partial charge >= 0.3 is 0 Å². The Morgan fingerprint density at radius 1 is 1.18 bits per heavy atom. The topological polar surface area (TPSA) is 44.8 Å². The van der Waals surface area contributed by atoms with Crippen LogP contribution < -0.4 is 10.1 Å². The van der Waals surface area contributed by atoms with Crippen LogP contribution in [0, 0.1) is 0 Å². The van der Waals surface area contributed by atoms with Crippen LogP contribution in [0.3, 0.4) is 0 Å². The van der Waals surface area contributed by atoms with Gasteiger partial charge in [-0.25, -0.2) is 0 Å².